The molecule has 0 saturated carbocycles. The largest absolute Gasteiger partial charge is 0.370 e. The van der Waals surface area contributed by atoms with Crippen LogP contribution < -0.4 is 11.5 Å². The van der Waals surface area contributed by atoms with Gasteiger partial charge in [0, 0.05) is 28.1 Å². The molecule has 0 aromatic heterocycles. The molecule has 3 nitrogen and oxygen atoms in total. The van der Waals surface area contributed by atoms with Crippen molar-refractivity contribution in [2.75, 3.05) is 0 Å². The maximum Gasteiger partial charge on any atom is 0.219 e. The highest BCUT2D eigenvalue weighted by Gasteiger charge is 2.15. The molecule has 0 bridgehead atoms. The van der Waals surface area contributed by atoms with Crippen LogP contribution in [0.4, 0.5) is 0 Å². The number of hydrogen-bond donors (Lipinski definition) is 2. The van der Waals surface area contributed by atoms with E-state index < -0.39 is 11.9 Å². The monoisotopic (exact) mass is 232 g/mol. The summed E-state index contributed by atoms with van der Waals surface area (Å²) in [6, 6.07) is 4.51. The van der Waals surface area contributed by atoms with Crippen molar-refractivity contribution in [3.05, 3.63) is 33.8 Å². The molecule has 76 valence electrons. The van der Waals surface area contributed by atoms with Crippen LogP contribution in [0.25, 0.3) is 0 Å². The lowest BCUT2D eigenvalue weighted by atomic mass is 10.0. The van der Waals surface area contributed by atoms with Crippen molar-refractivity contribution in [2.24, 2.45) is 11.5 Å². The van der Waals surface area contributed by atoms with Crippen LogP contribution in [0, 0.1) is 0 Å². The molecule has 14 heavy (non-hydrogen) atoms. The third kappa shape index (κ3) is 2.61. The maximum atomic E-state index is 10.7. The van der Waals surface area contributed by atoms with Gasteiger partial charge in [0.1, 0.15) is 0 Å². The van der Waals surface area contributed by atoms with Gasteiger partial charge in [0.2, 0.25) is 5.91 Å². The fourth-order valence-corrected chi connectivity index (χ4v) is 1.86. The van der Waals surface area contributed by atoms with E-state index in [0.717, 1.165) is 0 Å². The van der Waals surface area contributed by atoms with Gasteiger partial charge in [-0.2, -0.15) is 0 Å². The quantitative estimate of drug-likeness (QED) is 0.836. The predicted molar refractivity (Wildman–Crippen MR) is 57.2 cm³/mol. The Labute approximate surface area is 92.0 Å². The SMILES string of the molecule is NC(=O)CC(N)c1c(Cl)cccc1Cl. The Bertz CT molecular complexity index is 334. The predicted octanol–water partition coefficient (Wildman–Crippen LogP) is 1.87. The molecule has 0 saturated heterocycles. The van der Waals surface area contributed by atoms with Crippen LogP contribution in [-0.4, -0.2) is 5.91 Å². The average Bonchev–Trinajstić information content (AvgIpc) is 2.01. The molecule has 0 heterocycles. The summed E-state index contributed by atoms with van der Waals surface area (Å²) in [5.41, 5.74) is 11.3. The normalized spacial score (nSPS) is 12.5. The van der Waals surface area contributed by atoms with E-state index in [0.29, 0.717) is 15.6 Å². The van der Waals surface area contributed by atoms with Crippen molar-refractivity contribution in [3.8, 4) is 0 Å². The Balaban J connectivity index is 2.99. The molecule has 5 heteroatoms. The van der Waals surface area contributed by atoms with Gasteiger partial charge >= 0.3 is 0 Å². The summed E-state index contributed by atoms with van der Waals surface area (Å²) in [6.45, 7) is 0. The molecule has 0 radical (unpaired) electrons. The molecule has 1 atom stereocenters. The summed E-state index contributed by atoms with van der Waals surface area (Å²) in [6.07, 6.45) is 0.0312. The smallest absolute Gasteiger partial charge is 0.219 e. The number of primary amides is 1. The minimum Gasteiger partial charge on any atom is -0.370 e. The summed E-state index contributed by atoms with van der Waals surface area (Å²) >= 11 is 11.8. The van der Waals surface area contributed by atoms with E-state index >= 15 is 0 Å². The van der Waals surface area contributed by atoms with E-state index in [1.54, 1.807) is 18.2 Å². The topological polar surface area (TPSA) is 69.1 Å². The number of amides is 1. The van der Waals surface area contributed by atoms with E-state index in [1.807, 2.05) is 0 Å². The molecule has 0 aliphatic rings. The zero-order valence-electron chi connectivity index (χ0n) is 7.34. The van der Waals surface area contributed by atoms with E-state index in [-0.39, 0.29) is 6.42 Å². The Morgan fingerprint density at radius 1 is 1.36 bits per heavy atom. The zero-order valence-corrected chi connectivity index (χ0v) is 8.85. The lowest BCUT2D eigenvalue weighted by molar-refractivity contribution is -0.118. The molecule has 0 fully saturated rings. The molecule has 4 N–H and O–H groups in total. The second kappa shape index (κ2) is 4.64. The Morgan fingerprint density at radius 3 is 2.29 bits per heavy atom. The van der Waals surface area contributed by atoms with Gasteiger partial charge in [0.05, 0.1) is 0 Å². The molecule has 0 aliphatic carbocycles. The molecule has 1 unspecified atom stereocenters. The van der Waals surface area contributed by atoms with E-state index in [2.05, 4.69) is 0 Å². The number of hydrogen-bond acceptors (Lipinski definition) is 2. The summed E-state index contributed by atoms with van der Waals surface area (Å²) in [5.74, 6) is -0.478. The van der Waals surface area contributed by atoms with Gasteiger partial charge in [0.25, 0.3) is 0 Å². The molecular weight excluding hydrogens is 223 g/mol. The Kier molecular flexibility index (Phi) is 3.75. The fourth-order valence-electron chi connectivity index (χ4n) is 1.18. The van der Waals surface area contributed by atoms with Gasteiger partial charge in [-0.25, -0.2) is 0 Å². The van der Waals surface area contributed by atoms with Gasteiger partial charge in [-0.3, -0.25) is 4.79 Å². The van der Waals surface area contributed by atoms with Gasteiger partial charge in [-0.15, -0.1) is 0 Å². The molecule has 1 amide bonds. The highest BCUT2D eigenvalue weighted by atomic mass is 35.5. The average molecular weight is 233 g/mol. The first-order chi connectivity index (χ1) is 6.52. The van der Waals surface area contributed by atoms with Crippen LogP contribution in [0.1, 0.15) is 18.0 Å². The van der Waals surface area contributed by atoms with Crippen molar-refractivity contribution < 1.29 is 4.79 Å². The lowest BCUT2D eigenvalue weighted by Gasteiger charge is -2.13. The van der Waals surface area contributed by atoms with Gasteiger partial charge in [0.15, 0.2) is 0 Å². The van der Waals surface area contributed by atoms with Crippen molar-refractivity contribution >= 4 is 29.1 Å². The highest BCUT2D eigenvalue weighted by molar-refractivity contribution is 6.36. The molecule has 1 aromatic carbocycles. The van der Waals surface area contributed by atoms with Crippen molar-refractivity contribution in [1.29, 1.82) is 0 Å². The molecule has 0 spiro atoms. The van der Waals surface area contributed by atoms with Gasteiger partial charge < -0.3 is 11.5 Å². The van der Waals surface area contributed by atoms with Crippen LogP contribution in [0.2, 0.25) is 10.0 Å². The minimum atomic E-state index is -0.548. The van der Waals surface area contributed by atoms with Crippen LogP contribution >= 0.6 is 23.2 Å². The summed E-state index contributed by atoms with van der Waals surface area (Å²) < 4.78 is 0. The van der Waals surface area contributed by atoms with Crippen molar-refractivity contribution in [1.82, 2.24) is 0 Å². The summed E-state index contributed by atoms with van der Waals surface area (Å²) in [5, 5.41) is 0.900. The van der Waals surface area contributed by atoms with E-state index in [9.17, 15) is 4.79 Å². The van der Waals surface area contributed by atoms with Crippen LogP contribution in [0.3, 0.4) is 0 Å². The highest BCUT2D eigenvalue weighted by Crippen LogP contribution is 2.30. The van der Waals surface area contributed by atoms with Crippen molar-refractivity contribution in [2.45, 2.75) is 12.5 Å². The zero-order chi connectivity index (χ0) is 10.7. The van der Waals surface area contributed by atoms with Gasteiger partial charge in [-0.05, 0) is 12.1 Å². The second-order valence-corrected chi connectivity index (χ2v) is 3.73. The van der Waals surface area contributed by atoms with Crippen molar-refractivity contribution in [3.63, 3.8) is 0 Å². The number of carbonyl (C=O) groups is 1. The second-order valence-electron chi connectivity index (χ2n) is 2.91. The molecule has 1 rings (SSSR count). The standard InChI is InChI=1S/C9H10Cl2N2O/c10-5-2-1-3-6(11)9(5)7(12)4-8(13)14/h1-3,7H,4,12H2,(H2,13,14). The van der Waals surface area contributed by atoms with Crippen LogP contribution in [-0.2, 0) is 4.79 Å². The van der Waals surface area contributed by atoms with Crippen LogP contribution in [0.5, 0.6) is 0 Å². The first kappa shape index (κ1) is 11.3. The fraction of sp³-hybridized carbons (Fsp3) is 0.222. The Hall–Kier alpha value is -0.770. The third-order valence-electron chi connectivity index (χ3n) is 1.79. The number of benzene rings is 1. The minimum absolute atomic E-state index is 0.0312. The summed E-state index contributed by atoms with van der Waals surface area (Å²) in [4.78, 5) is 10.7. The Morgan fingerprint density at radius 2 is 1.86 bits per heavy atom. The molecule has 1 aromatic rings. The van der Waals surface area contributed by atoms with Gasteiger partial charge in [-0.1, -0.05) is 29.3 Å². The lowest BCUT2D eigenvalue weighted by Crippen LogP contribution is -2.21. The third-order valence-corrected chi connectivity index (χ3v) is 2.45. The number of nitrogens with two attached hydrogens (primary N) is 2. The molecule has 0 aliphatic heterocycles. The summed E-state index contributed by atoms with van der Waals surface area (Å²) in [7, 11) is 0. The first-order valence-electron chi connectivity index (χ1n) is 4.00. The van der Waals surface area contributed by atoms with E-state index in [1.165, 1.54) is 0 Å². The molecular formula is C9H10Cl2N2O. The first-order valence-corrected chi connectivity index (χ1v) is 4.75. The maximum absolute atomic E-state index is 10.7. The van der Waals surface area contributed by atoms with Crippen LogP contribution in [0.15, 0.2) is 18.2 Å². The number of halogens is 2. The number of carbonyl (C=O) groups excluding carboxylic acids is 1. The number of rotatable bonds is 3. The van der Waals surface area contributed by atoms with E-state index in [4.69, 9.17) is 34.7 Å².